The van der Waals surface area contributed by atoms with Crippen LogP contribution in [0.4, 0.5) is 14.5 Å². The molecule has 0 saturated carbocycles. The second kappa shape index (κ2) is 6.57. The number of carbonyl (C=O) groups excluding carboxylic acids is 1. The third-order valence-electron chi connectivity index (χ3n) is 5.14. The third kappa shape index (κ3) is 2.82. The summed E-state index contributed by atoms with van der Waals surface area (Å²) in [5, 5.41) is 20.3. The first-order chi connectivity index (χ1) is 13.8. The van der Waals surface area contributed by atoms with Crippen molar-refractivity contribution in [1.82, 2.24) is 4.57 Å². The fourth-order valence-corrected chi connectivity index (χ4v) is 3.70. The normalized spacial score (nSPS) is 16.3. The van der Waals surface area contributed by atoms with Crippen molar-refractivity contribution in [3.8, 4) is 11.8 Å². The van der Waals surface area contributed by atoms with E-state index < -0.39 is 18.1 Å². The molecule has 0 fully saturated rings. The number of nitriles is 1. The lowest BCUT2D eigenvalue weighted by molar-refractivity contribution is -0.193. The summed E-state index contributed by atoms with van der Waals surface area (Å²) < 4.78 is 35.2. The molecule has 1 aliphatic heterocycles. The van der Waals surface area contributed by atoms with E-state index in [2.05, 4.69) is 10.8 Å². The van der Waals surface area contributed by atoms with Crippen LogP contribution in [-0.4, -0.2) is 21.7 Å². The minimum absolute atomic E-state index is 0.119. The molecule has 0 bridgehead atoms. The maximum absolute atomic E-state index is 14.4. The fraction of sp³-hybridized carbons (Fsp3) is 0.238. The first-order valence-electron chi connectivity index (χ1n) is 8.92. The average molecular weight is 397 g/mol. The molecular weight excluding hydrogens is 380 g/mol. The van der Waals surface area contributed by atoms with E-state index in [1.807, 2.05) is 12.1 Å². The Hall–Kier alpha value is -3.44. The van der Waals surface area contributed by atoms with E-state index in [-0.39, 0.29) is 23.5 Å². The van der Waals surface area contributed by atoms with E-state index in [0.717, 1.165) is 10.4 Å². The van der Waals surface area contributed by atoms with Crippen LogP contribution >= 0.6 is 0 Å². The standard InChI is InChI=1S/C21H17F2N3O3/c1-12(27)13-7-5-9-17-19(13)29-21(22,23)20(28)26(17)11-18-15(10-24)14-6-3-4-8-16(14)25(18)2/h3-9,12,27H,11H2,1-2H3. The number of rotatable bonds is 3. The van der Waals surface area contributed by atoms with E-state index in [0.29, 0.717) is 16.6 Å². The average Bonchev–Trinajstić information content (AvgIpc) is 2.96. The monoisotopic (exact) mass is 397 g/mol. The molecule has 6 nitrogen and oxygen atoms in total. The van der Waals surface area contributed by atoms with Crippen LogP contribution in [0.15, 0.2) is 42.5 Å². The van der Waals surface area contributed by atoms with Gasteiger partial charge in [0.15, 0.2) is 5.75 Å². The van der Waals surface area contributed by atoms with Gasteiger partial charge in [-0.1, -0.05) is 30.3 Å². The summed E-state index contributed by atoms with van der Waals surface area (Å²) in [7, 11) is 1.72. The fourth-order valence-electron chi connectivity index (χ4n) is 3.70. The second-order valence-electron chi connectivity index (χ2n) is 6.89. The number of benzene rings is 2. The van der Waals surface area contributed by atoms with Crippen LogP contribution in [-0.2, 0) is 18.4 Å². The van der Waals surface area contributed by atoms with Crippen LogP contribution in [0.3, 0.4) is 0 Å². The number of halogens is 2. The molecular formula is C21H17F2N3O3. The van der Waals surface area contributed by atoms with Gasteiger partial charge in [0, 0.05) is 23.5 Å². The molecule has 3 aromatic rings. The van der Waals surface area contributed by atoms with Crippen LogP contribution in [0, 0.1) is 11.3 Å². The largest absolute Gasteiger partial charge is 0.483 e. The van der Waals surface area contributed by atoms with Crippen LogP contribution in [0.1, 0.15) is 29.8 Å². The number of aromatic nitrogens is 1. The Morgan fingerprint density at radius 1 is 1.24 bits per heavy atom. The zero-order valence-electron chi connectivity index (χ0n) is 15.7. The third-order valence-corrected chi connectivity index (χ3v) is 5.14. The van der Waals surface area contributed by atoms with Crippen LogP contribution < -0.4 is 9.64 Å². The van der Waals surface area contributed by atoms with Crippen molar-refractivity contribution < 1.29 is 23.4 Å². The van der Waals surface area contributed by atoms with Crippen LogP contribution in [0.5, 0.6) is 5.75 Å². The van der Waals surface area contributed by atoms with Gasteiger partial charge >= 0.3 is 12.0 Å². The van der Waals surface area contributed by atoms with Crippen LogP contribution in [0.25, 0.3) is 10.9 Å². The van der Waals surface area contributed by atoms with Crippen molar-refractivity contribution in [3.05, 3.63) is 59.3 Å². The van der Waals surface area contributed by atoms with Crippen molar-refractivity contribution in [3.63, 3.8) is 0 Å². The van der Waals surface area contributed by atoms with Crippen molar-refractivity contribution in [2.75, 3.05) is 4.90 Å². The summed E-state index contributed by atoms with van der Waals surface area (Å²) in [5.41, 5.74) is 1.77. The smallest absolute Gasteiger partial charge is 0.423 e. The topological polar surface area (TPSA) is 78.5 Å². The molecule has 0 spiro atoms. The Morgan fingerprint density at radius 3 is 2.66 bits per heavy atom. The molecule has 4 rings (SSSR count). The highest BCUT2D eigenvalue weighted by molar-refractivity contribution is 6.01. The predicted molar refractivity (Wildman–Crippen MR) is 101 cm³/mol. The van der Waals surface area contributed by atoms with E-state index in [4.69, 9.17) is 0 Å². The number of hydrogen-bond donors (Lipinski definition) is 1. The second-order valence-corrected chi connectivity index (χ2v) is 6.89. The summed E-state index contributed by atoms with van der Waals surface area (Å²) in [6, 6.07) is 13.8. The summed E-state index contributed by atoms with van der Waals surface area (Å²) in [6.45, 7) is 1.18. The summed E-state index contributed by atoms with van der Waals surface area (Å²) in [5.74, 6) is -1.77. The van der Waals surface area contributed by atoms with Gasteiger partial charge in [-0.3, -0.25) is 9.69 Å². The highest BCUT2D eigenvalue weighted by Crippen LogP contribution is 2.44. The number of nitrogens with zero attached hydrogens (tertiary/aromatic N) is 3. The maximum atomic E-state index is 14.4. The number of aryl methyl sites for hydroxylation is 1. The number of fused-ring (bicyclic) bond motifs is 2. The Balaban J connectivity index is 1.90. The van der Waals surface area contributed by atoms with Gasteiger partial charge in [0.05, 0.1) is 29.6 Å². The number of aliphatic hydroxyl groups excluding tert-OH is 1. The minimum Gasteiger partial charge on any atom is -0.423 e. The van der Waals surface area contributed by atoms with Gasteiger partial charge in [-0.15, -0.1) is 0 Å². The molecule has 2 heterocycles. The van der Waals surface area contributed by atoms with Gasteiger partial charge in [0.2, 0.25) is 0 Å². The van der Waals surface area contributed by atoms with Crippen molar-refractivity contribution >= 4 is 22.5 Å². The lowest BCUT2D eigenvalue weighted by Crippen LogP contribution is -2.50. The van der Waals surface area contributed by atoms with Gasteiger partial charge < -0.3 is 14.4 Å². The number of amides is 1. The molecule has 1 aliphatic rings. The Bertz CT molecular complexity index is 1180. The number of ether oxygens (including phenoxy) is 1. The van der Waals surface area contributed by atoms with Crippen molar-refractivity contribution in [2.45, 2.75) is 25.7 Å². The molecule has 0 saturated heterocycles. The molecule has 8 heteroatoms. The van der Waals surface area contributed by atoms with E-state index in [1.165, 1.54) is 19.1 Å². The Labute approximate surface area is 165 Å². The molecule has 1 atom stereocenters. The molecule has 2 aromatic carbocycles. The molecule has 1 N–H and O–H groups in total. The number of aliphatic hydroxyl groups is 1. The Morgan fingerprint density at radius 2 is 1.97 bits per heavy atom. The van der Waals surface area contributed by atoms with Gasteiger partial charge in [0.25, 0.3) is 0 Å². The number of anilines is 1. The van der Waals surface area contributed by atoms with Gasteiger partial charge in [-0.2, -0.15) is 14.0 Å². The van der Waals surface area contributed by atoms with E-state index in [9.17, 15) is 23.9 Å². The van der Waals surface area contributed by atoms with Crippen molar-refractivity contribution in [2.24, 2.45) is 7.05 Å². The summed E-state index contributed by atoms with van der Waals surface area (Å²) in [4.78, 5) is 13.4. The molecule has 29 heavy (non-hydrogen) atoms. The summed E-state index contributed by atoms with van der Waals surface area (Å²) >= 11 is 0. The quantitative estimate of drug-likeness (QED) is 0.732. The number of hydrogen-bond acceptors (Lipinski definition) is 4. The highest BCUT2D eigenvalue weighted by atomic mass is 19.3. The molecule has 1 aromatic heterocycles. The Kier molecular flexibility index (Phi) is 4.28. The number of para-hydroxylation sites is 2. The molecule has 1 amide bonds. The minimum atomic E-state index is -4.09. The SMILES string of the molecule is CC(O)c1cccc2c1OC(F)(F)C(=O)N2Cc1c(C#N)c2ccccc2n1C. The number of alkyl halides is 2. The van der Waals surface area contributed by atoms with Crippen molar-refractivity contribution in [1.29, 1.82) is 5.26 Å². The van der Waals surface area contributed by atoms with Gasteiger partial charge in [-0.25, -0.2) is 0 Å². The van der Waals surface area contributed by atoms with Crippen LogP contribution in [0.2, 0.25) is 0 Å². The van der Waals surface area contributed by atoms with E-state index >= 15 is 0 Å². The highest BCUT2D eigenvalue weighted by Gasteiger charge is 2.51. The first kappa shape index (κ1) is 18.9. The van der Waals surface area contributed by atoms with Gasteiger partial charge in [-0.05, 0) is 19.1 Å². The zero-order chi connectivity index (χ0) is 20.9. The molecule has 0 radical (unpaired) electrons. The lowest BCUT2D eigenvalue weighted by atomic mass is 10.1. The zero-order valence-corrected chi connectivity index (χ0v) is 15.7. The summed E-state index contributed by atoms with van der Waals surface area (Å²) in [6.07, 6.45) is -5.15. The molecule has 1 unspecified atom stereocenters. The van der Waals surface area contributed by atoms with Gasteiger partial charge in [0.1, 0.15) is 6.07 Å². The molecule has 0 aliphatic carbocycles. The number of carbonyl (C=O) groups is 1. The molecule has 148 valence electrons. The maximum Gasteiger partial charge on any atom is 0.483 e. The lowest BCUT2D eigenvalue weighted by Gasteiger charge is -2.35. The van der Waals surface area contributed by atoms with E-state index in [1.54, 1.807) is 29.8 Å². The predicted octanol–water partition coefficient (Wildman–Crippen LogP) is 3.62. The first-order valence-corrected chi connectivity index (χ1v) is 8.92.